The fourth-order valence-electron chi connectivity index (χ4n) is 3.37. The van der Waals surface area contributed by atoms with Crippen molar-refractivity contribution in [3.8, 4) is 5.75 Å². The minimum Gasteiger partial charge on any atom is -0.497 e. The lowest BCUT2D eigenvalue weighted by molar-refractivity contribution is 0.0955. The van der Waals surface area contributed by atoms with Gasteiger partial charge in [-0.05, 0) is 42.8 Å². The second-order valence-corrected chi connectivity index (χ2v) is 7.14. The summed E-state index contributed by atoms with van der Waals surface area (Å²) in [5.74, 6) is 0.439. The zero-order valence-corrected chi connectivity index (χ0v) is 17.0. The number of methoxy groups -OCH3 is 1. The van der Waals surface area contributed by atoms with Gasteiger partial charge in [-0.1, -0.05) is 48.0 Å². The first-order valence-corrected chi connectivity index (χ1v) is 9.75. The van der Waals surface area contributed by atoms with Crippen molar-refractivity contribution in [3.05, 3.63) is 101 Å². The van der Waals surface area contributed by atoms with Crippen LogP contribution in [0.1, 0.15) is 27.0 Å². The highest BCUT2D eigenvalue weighted by Gasteiger charge is 2.08. The Balaban J connectivity index is 1.53. The van der Waals surface area contributed by atoms with Gasteiger partial charge >= 0.3 is 0 Å². The Bertz CT molecular complexity index is 1190. The van der Waals surface area contributed by atoms with Crippen LogP contribution >= 0.6 is 0 Å². The Morgan fingerprint density at radius 1 is 1.03 bits per heavy atom. The number of fused-ring (bicyclic) bond motifs is 1. The number of hydrogen-bond donors (Lipinski definition) is 1. The van der Waals surface area contributed by atoms with E-state index < -0.39 is 0 Å². The molecule has 150 valence electrons. The monoisotopic (exact) mass is 397 g/mol. The minimum atomic E-state index is -0.266. The molecule has 30 heavy (non-hydrogen) atoms. The summed E-state index contributed by atoms with van der Waals surface area (Å²) < 4.78 is 7.32. The molecule has 1 amide bonds. The molecule has 0 atom stereocenters. The molecule has 1 aromatic heterocycles. The van der Waals surface area contributed by atoms with E-state index in [9.17, 15) is 4.79 Å². The molecule has 1 N–H and O–H groups in total. The molecule has 0 bridgehead atoms. The Morgan fingerprint density at radius 3 is 2.50 bits per heavy atom. The fraction of sp³-hybridized carbons (Fsp3) is 0.120. The molecule has 0 radical (unpaired) electrons. The lowest BCUT2D eigenvalue weighted by atomic mass is 10.1. The second-order valence-electron chi connectivity index (χ2n) is 7.14. The quantitative estimate of drug-likeness (QED) is 0.376. The first-order chi connectivity index (χ1) is 14.6. The normalized spacial score (nSPS) is 11.1. The number of benzene rings is 3. The number of hydrazone groups is 1. The molecule has 0 aliphatic carbocycles. The first-order valence-electron chi connectivity index (χ1n) is 9.75. The highest BCUT2D eigenvalue weighted by atomic mass is 16.5. The van der Waals surface area contributed by atoms with Gasteiger partial charge in [-0.15, -0.1) is 0 Å². The summed E-state index contributed by atoms with van der Waals surface area (Å²) in [5, 5.41) is 5.26. The highest BCUT2D eigenvalue weighted by molar-refractivity contribution is 6.00. The van der Waals surface area contributed by atoms with E-state index in [0.717, 1.165) is 23.0 Å². The number of carbonyl (C=O) groups excluding carboxylic acids is 1. The number of amides is 1. The van der Waals surface area contributed by atoms with E-state index in [1.807, 2.05) is 12.1 Å². The average molecular weight is 397 g/mol. The Morgan fingerprint density at radius 2 is 1.77 bits per heavy atom. The molecule has 4 aromatic rings. The molecule has 5 nitrogen and oxygen atoms in total. The number of ether oxygens (including phenoxy) is 1. The van der Waals surface area contributed by atoms with Gasteiger partial charge in [0.25, 0.3) is 5.91 Å². The van der Waals surface area contributed by atoms with Gasteiger partial charge in [-0.25, -0.2) is 5.43 Å². The first kappa shape index (κ1) is 19.5. The van der Waals surface area contributed by atoms with Gasteiger partial charge in [0.2, 0.25) is 0 Å². The molecule has 0 fully saturated rings. The third-order valence-corrected chi connectivity index (χ3v) is 5.01. The third kappa shape index (κ3) is 4.25. The molecule has 0 aliphatic rings. The third-order valence-electron chi connectivity index (χ3n) is 5.01. The van der Waals surface area contributed by atoms with Crippen molar-refractivity contribution in [1.82, 2.24) is 9.99 Å². The summed E-state index contributed by atoms with van der Waals surface area (Å²) in [6.45, 7) is 2.86. The van der Waals surface area contributed by atoms with Gasteiger partial charge < -0.3 is 9.30 Å². The number of aryl methyl sites for hydroxylation is 1. The number of nitrogens with zero attached hydrogens (tertiary/aromatic N) is 2. The highest BCUT2D eigenvalue weighted by Crippen LogP contribution is 2.21. The van der Waals surface area contributed by atoms with E-state index in [2.05, 4.69) is 64.6 Å². The summed E-state index contributed by atoms with van der Waals surface area (Å²) in [7, 11) is 1.59. The van der Waals surface area contributed by atoms with Crippen molar-refractivity contribution in [2.24, 2.45) is 5.10 Å². The van der Waals surface area contributed by atoms with Gasteiger partial charge in [0, 0.05) is 34.8 Å². The van der Waals surface area contributed by atoms with Gasteiger partial charge in [-0.3, -0.25) is 4.79 Å². The molecule has 0 spiro atoms. The average Bonchev–Trinajstić information content (AvgIpc) is 3.13. The fourth-order valence-corrected chi connectivity index (χ4v) is 3.37. The molecule has 1 heterocycles. The van der Waals surface area contributed by atoms with Crippen LogP contribution < -0.4 is 10.2 Å². The van der Waals surface area contributed by atoms with Crippen LogP contribution in [0.5, 0.6) is 5.75 Å². The van der Waals surface area contributed by atoms with Crippen LogP contribution in [0.15, 0.2) is 84.1 Å². The van der Waals surface area contributed by atoms with Crippen molar-refractivity contribution >= 4 is 23.0 Å². The molecule has 3 aromatic carbocycles. The van der Waals surface area contributed by atoms with Crippen molar-refractivity contribution < 1.29 is 9.53 Å². The van der Waals surface area contributed by atoms with Crippen molar-refractivity contribution in [2.75, 3.05) is 7.11 Å². The molecule has 0 saturated heterocycles. The lowest BCUT2D eigenvalue weighted by Crippen LogP contribution is -2.17. The molecular weight excluding hydrogens is 374 g/mol. The molecule has 0 aliphatic heterocycles. The van der Waals surface area contributed by atoms with Crippen LogP contribution in [0.2, 0.25) is 0 Å². The summed E-state index contributed by atoms with van der Waals surface area (Å²) in [4.78, 5) is 12.3. The van der Waals surface area contributed by atoms with Crippen LogP contribution in [0.25, 0.3) is 10.9 Å². The Kier molecular flexibility index (Phi) is 5.61. The number of nitrogens with one attached hydrogen (secondary N) is 1. The van der Waals surface area contributed by atoms with Crippen LogP contribution in [0.3, 0.4) is 0 Å². The van der Waals surface area contributed by atoms with E-state index in [1.165, 1.54) is 11.1 Å². The van der Waals surface area contributed by atoms with E-state index in [4.69, 9.17) is 4.74 Å². The summed E-state index contributed by atoms with van der Waals surface area (Å²) in [6.07, 6.45) is 3.75. The van der Waals surface area contributed by atoms with Gasteiger partial charge in [0.15, 0.2) is 0 Å². The number of rotatable bonds is 6. The minimum absolute atomic E-state index is 0.266. The Hall–Kier alpha value is -3.86. The SMILES string of the molecule is COc1ccc(C(=O)N/N=C\c2cn(Cc3ccc(C)cc3)c3ccccc23)cc1. The second kappa shape index (κ2) is 8.66. The van der Waals surface area contributed by atoms with Crippen molar-refractivity contribution in [1.29, 1.82) is 0 Å². The van der Waals surface area contributed by atoms with E-state index in [-0.39, 0.29) is 5.91 Å². The molecule has 4 rings (SSSR count). The molecule has 0 unspecified atom stereocenters. The maximum atomic E-state index is 12.3. The van der Waals surface area contributed by atoms with E-state index in [0.29, 0.717) is 11.3 Å². The Labute approximate surface area is 175 Å². The molecule has 0 saturated carbocycles. The molecule has 5 heteroatoms. The van der Waals surface area contributed by atoms with Gasteiger partial charge in [0.1, 0.15) is 5.75 Å². The van der Waals surface area contributed by atoms with Crippen molar-refractivity contribution in [3.63, 3.8) is 0 Å². The van der Waals surface area contributed by atoms with Crippen LogP contribution in [-0.4, -0.2) is 23.8 Å². The van der Waals surface area contributed by atoms with Crippen LogP contribution in [0.4, 0.5) is 0 Å². The standard InChI is InChI=1S/C25H23N3O2/c1-18-7-9-19(10-8-18)16-28-17-21(23-5-3-4-6-24(23)28)15-26-27-25(29)20-11-13-22(30-2)14-12-20/h3-15,17H,16H2,1-2H3,(H,27,29)/b26-15-. The number of para-hydroxylation sites is 1. The van der Waals surface area contributed by atoms with E-state index in [1.54, 1.807) is 37.6 Å². The lowest BCUT2D eigenvalue weighted by Gasteiger charge is -2.06. The smallest absolute Gasteiger partial charge is 0.271 e. The van der Waals surface area contributed by atoms with Crippen LogP contribution in [0, 0.1) is 6.92 Å². The summed E-state index contributed by atoms with van der Waals surface area (Å²) in [5.41, 5.74) is 7.68. The maximum absolute atomic E-state index is 12.3. The zero-order chi connectivity index (χ0) is 20.9. The number of hydrogen-bond acceptors (Lipinski definition) is 3. The summed E-state index contributed by atoms with van der Waals surface area (Å²) in [6, 6.07) is 23.6. The topological polar surface area (TPSA) is 55.6 Å². The largest absolute Gasteiger partial charge is 0.497 e. The summed E-state index contributed by atoms with van der Waals surface area (Å²) >= 11 is 0. The van der Waals surface area contributed by atoms with Crippen molar-refractivity contribution in [2.45, 2.75) is 13.5 Å². The predicted octanol–water partition coefficient (Wildman–Crippen LogP) is 4.77. The zero-order valence-electron chi connectivity index (χ0n) is 17.0. The van der Waals surface area contributed by atoms with Crippen LogP contribution in [-0.2, 0) is 6.54 Å². The molecular formula is C25H23N3O2. The van der Waals surface area contributed by atoms with Gasteiger partial charge in [-0.2, -0.15) is 5.10 Å². The van der Waals surface area contributed by atoms with E-state index >= 15 is 0 Å². The predicted molar refractivity (Wildman–Crippen MR) is 120 cm³/mol. The maximum Gasteiger partial charge on any atom is 0.271 e. The number of carbonyl (C=O) groups is 1. The van der Waals surface area contributed by atoms with Gasteiger partial charge in [0.05, 0.1) is 13.3 Å². The number of aromatic nitrogens is 1.